The zero-order valence-electron chi connectivity index (χ0n) is 16.1. The molecule has 6 heteroatoms. The number of nitrogens with zero attached hydrogens (tertiary/aromatic N) is 2. The maximum Gasteiger partial charge on any atom is 0.245 e. The van der Waals surface area contributed by atoms with Gasteiger partial charge in [-0.25, -0.2) is 0 Å². The lowest BCUT2D eigenvalue weighted by atomic mass is 9.70. The summed E-state index contributed by atoms with van der Waals surface area (Å²) >= 11 is 0. The molecule has 6 rings (SSSR count). The zero-order chi connectivity index (χ0) is 18.7. The van der Waals surface area contributed by atoms with Gasteiger partial charge < -0.3 is 9.64 Å². The van der Waals surface area contributed by atoms with Gasteiger partial charge in [0.2, 0.25) is 17.7 Å². The van der Waals surface area contributed by atoms with Crippen molar-refractivity contribution >= 4 is 17.7 Å². The second-order valence-electron chi connectivity index (χ2n) is 10.2. The molecule has 2 aliphatic carbocycles. The number of imide groups is 1. The van der Waals surface area contributed by atoms with Crippen molar-refractivity contribution in [3.05, 3.63) is 0 Å². The van der Waals surface area contributed by atoms with Gasteiger partial charge in [0, 0.05) is 13.1 Å². The van der Waals surface area contributed by atoms with E-state index in [0.717, 1.165) is 37.8 Å². The van der Waals surface area contributed by atoms with E-state index in [9.17, 15) is 14.4 Å². The Morgan fingerprint density at radius 1 is 1.11 bits per heavy atom. The molecule has 0 N–H and O–H groups in total. The van der Waals surface area contributed by atoms with E-state index < -0.39 is 6.04 Å². The Morgan fingerprint density at radius 2 is 1.78 bits per heavy atom. The largest absolute Gasteiger partial charge is 0.373 e. The standard InChI is InChI=1S/C21H28N2O4/c1-10(23-19(25)16-14-5-6-15(27-14)17(16)20(23)26)18(24)22-8-13-11-3-4-12(7-11)21(13,2)9-22/h10-17H,3-9H2,1-2H3/t10?,11-,12+,13?,14?,15?,16?,17?,21-/m1/s1. The summed E-state index contributed by atoms with van der Waals surface area (Å²) in [5, 5.41) is 0. The minimum absolute atomic E-state index is 0.0417. The summed E-state index contributed by atoms with van der Waals surface area (Å²) in [5.74, 6) is 1.00. The summed E-state index contributed by atoms with van der Waals surface area (Å²) in [6, 6.07) is -0.685. The van der Waals surface area contributed by atoms with Crippen molar-refractivity contribution in [3.63, 3.8) is 0 Å². The first-order chi connectivity index (χ1) is 12.9. The predicted octanol–water partition coefficient (Wildman–Crippen LogP) is 1.43. The Balaban J connectivity index is 1.22. The van der Waals surface area contributed by atoms with Crippen LogP contribution in [0, 0.1) is 35.0 Å². The van der Waals surface area contributed by atoms with E-state index in [1.807, 2.05) is 4.90 Å². The second kappa shape index (κ2) is 5.13. The molecular formula is C21H28N2O4. The molecule has 2 saturated carbocycles. The molecule has 27 heavy (non-hydrogen) atoms. The van der Waals surface area contributed by atoms with Crippen LogP contribution >= 0.6 is 0 Å². The van der Waals surface area contributed by atoms with Crippen molar-refractivity contribution in [2.24, 2.45) is 35.0 Å². The second-order valence-corrected chi connectivity index (χ2v) is 10.2. The molecule has 6 aliphatic rings. The third-order valence-corrected chi connectivity index (χ3v) is 9.15. The predicted molar refractivity (Wildman–Crippen MR) is 95.2 cm³/mol. The first kappa shape index (κ1) is 16.5. The maximum absolute atomic E-state index is 13.3. The molecule has 9 atom stereocenters. The van der Waals surface area contributed by atoms with Crippen molar-refractivity contribution in [1.82, 2.24) is 9.80 Å². The topological polar surface area (TPSA) is 66.9 Å². The van der Waals surface area contributed by atoms with E-state index in [1.54, 1.807) is 6.92 Å². The summed E-state index contributed by atoms with van der Waals surface area (Å²) in [4.78, 5) is 42.5. The molecule has 3 amide bonds. The fourth-order valence-electron chi connectivity index (χ4n) is 7.80. The molecule has 0 aromatic carbocycles. The molecule has 0 radical (unpaired) electrons. The van der Waals surface area contributed by atoms with Crippen LogP contribution in [0.2, 0.25) is 0 Å². The van der Waals surface area contributed by atoms with Crippen LogP contribution in [-0.2, 0) is 19.1 Å². The van der Waals surface area contributed by atoms with Gasteiger partial charge in [-0.1, -0.05) is 6.92 Å². The van der Waals surface area contributed by atoms with Gasteiger partial charge in [0.05, 0.1) is 24.0 Å². The highest BCUT2D eigenvalue weighted by Crippen LogP contribution is 2.62. The third-order valence-electron chi connectivity index (χ3n) is 9.15. The number of hydrogen-bond acceptors (Lipinski definition) is 4. The Morgan fingerprint density at radius 3 is 2.41 bits per heavy atom. The van der Waals surface area contributed by atoms with Crippen LogP contribution in [0.1, 0.15) is 46.0 Å². The average Bonchev–Trinajstić information content (AvgIpc) is 3.43. The highest BCUT2D eigenvalue weighted by Gasteiger charge is 2.64. The molecule has 4 aliphatic heterocycles. The molecule has 0 spiro atoms. The Hall–Kier alpha value is -1.43. The van der Waals surface area contributed by atoms with Crippen molar-refractivity contribution < 1.29 is 19.1 Å². The van der Waals surface area contributed by atoms with E-state index in [-0.39, 0.29) is 47.2 Å². The number of likely N-dealkylation sites (tertiary alicyclic amines) is 2. The van der Waals surface area contributed by atoms with E-state index in [4.69, 9.17) is 4.74 Å². The molecule has 6 fully saturated rings. The molecule has 4 bridgehead atoms. The Kier molecular flexibility index (Phi) is 3.14. The highest BCUT2D eigenvalue weighted by molar-refractivity contribution is 6.09. The quantitative estimate of drug-likeness (QED) is 0.688. The van der Waals surface area contributed by atoms with Crippen LogP contribution in [0.25, 0.3) is 0 Å². The van der Waals surface area contributed by atoms with Crippen LogP contribution in [0.4, 0.5) is 0 Å². The van der Waals surface area contributed by atoms with Crippen LogP contribution in [0.5, 0.6) is 0 Å². The number of carbonyl (C=O) groups excluding carboxylic acids is 3. The van der Waals surface area contributed by atoms with Crippen LogP contribution in [0.3, 0.4) is 0 Å². The first-order valence-corrected chi connectivity index (χ1v) is 10.7. The van der Waals surface area contributed by atoms with Crippen molar-refractivity contribution in [1.29, 1.82) is 0 Å². The van der Waals surface area contributed by atoms with E-state index in [0.29, 0.717) is 5.92 Å². The van der Waals surface area contributed by atoms with Crippen molar-refractivity contribution in [2.45, 2.75) is 64.2 Å². The van der Waals surface area contributed by atoms with Gasteiger partial charge in [-0.2, -0.15) is 0 Å². The van der Waals surface area contributed by atoms with E-state index >= 15 is 0 Å². The highest BCUT2D eigenvalue weighted by atomic mass is 16.5. The molecule has 4 heterocycles. The fourth-order valence-corrected chi connectivity index (χ4v) is 7.80. The summed E-state index contributed by atoms with van der Waals surface area (Å²) in [7, 11) is 0. The van der Waals surface area contributed by atoms with Gasteiger partial charge in [0.25, 0.3) is 0 Å². The Labute approximate surface area is 159 Å². The van der Waals surface area contributed by atoms with Gasteiger partial charge in [-0.3, -0.25) is 19.3 Å². The number of fused-ring (bicyclic) bond motifs is 10. The number of amides is 3. The number of ether oxygens (including phenoxy) is 1. The minimum Gasteiger partial charge on any atom is -0.373 e. The molecule has 0 aromatic heterocycles. The summed E-state index contributed by atoms with van der Waals surface area (Å²) in [5.41, 5.74) is 0.237. The van der Waals surface area contributed by atoms with Gasteiger partial charge in [0.15, 0.2) is 0 Å². The lowest BCUT2D eigenvalue weighted by Gasteiger charge is -2.34. The van der Waals surface area contributed by atoms with Crippen molar-refractivity contribution in [2.75, 3.05) is 13.1 Å². The normalized spacial score (nSPS) is 50.7. The molecule has 6 nitrogen and oxygen atoms in total. The maximum atomic E-state index is 13.3. The van der Waals surface area contributed by atoms with Crippen molar-refractivity contribution in [3.8, 4) is 0 Å². The number of hydrogen-bond donors (Lipinski definition) is 0. The number of carbonyl (C=O) groups is 3. The lowest BCUT2D eigenvalue weighted by molar-refractivity contribution is -0.152. The molecule has 4 saturated heterocycles. The third kappa shape index (κ3) is 1.88. The van der Waals surface area contributed by atoms with E-state index in [2.05, 4.69) is 6.92 Å². The van der Waals surface area contributed by atoms with Gasteiger partial charge >= 0.3 is 0 Å². The number of rotatable bonds is 2. The molecule has 0 aromatic rings. The summed E-state index contributed by atoms with van der Waals surface area (Å²) in [6.07, 6.45) is 5.40. The van der Waals surface area contributed by atoms with Gasteiger partial charge in [0.1, 0.15) is 6.04 Å². The van der Waals surface area contributed by atoms with Crippen LogP contribution in [-0.4, -0.2) is 58.9 Å². The van der Waals surface area contributed by atoms with Crippen LogP contribution in [0.15, 0.2) is 0 Å². The minimum atomic E-state index is -0.685. The molecule has 146 valence electrons. The van der Waals surface area contributed by atoms with Gasteiger partial charge in [-0.15, -0.1) is 0 Å². The van der Waals surface area contributed by atoms with Crippen LogP contribution < -0.4 is 0 Å². The van der Waals surface area contributed by atoms with E-state index in [1.165, 1.54) is 24.2 Å². The fraction of sp³-hybridized carbons (Fsp3) is 0.857. The Bertz CT molecular complexity index is 724. The molecule has 6 unspecified atom stereocenters. The first-order valence-electron chi connectivity index (χ1n) is 10.7. The SMILES string of the molecule is CC(C(=O)N1CC2[C@@H]3CC[C@@H](C3)[C@@]2(C)C1)N1C(=O)C2C3CCC(O3)C2C1=O. The molecular weight excluding hydrogens is 344 g/mol. The monoisotopic (exact) mass is 372 g/mol. The van der Waals surface area contributed by atoms with Gasteiger partial charge in [-0.05, 0) is 62.2 Å². The summed E-state index contributed by atoms with van der Waals surface area (Å²) < 4.78 is 5.80. The lowest BCUT2D eigenvalue weighted by Crippen LogP contribution is -2.50. The smallest absolute Gasteiger partial charge is 0.245 e. The zero-order valence-corrected chi connectivity index (χ0v) is 16.1. The average molecular weight is 372 g/mol. The summed E-state index contributed by atoms with van der Waals surface area (Å²) in [6.45, 7) is 5.69.